The van der Waals surface area contributed by atoms with Crippen LogP contribution in [0.5, 0.6) is 23.0 Å². The van der Waals surface area contributed by atoms with Crippen molar-refractivity contribution in [1.82, 2.24) is 0 Å². The fourth-order valence-corrected chi connectivity index (χ4v) is 2.85. The van der Waals surface area contributed by atoms with Crippen LogP contribution in [0.25, 0.3) is 10.8 Å². The molecule has 3 aromatic carbocycles. The van der Waals surface area contributed by atoms with Gasteiger partial charge < -0.3 is 14.2 Å². The predicted molar refractivity (Wildman–Crippen MR) is 111 cm³/mol. The van der Waals surface area contributed by atoms with Gasteiger partial charge in [-0.05, 0) is 54.6 Å². The maximum absolute atomic E-state index is 6.14. The molecular weight excluding hydrogens is 336 g/mol. The molecule has 0 fully saturated rings. The van der Waals surface area contributed by atoms with Crippen LogP contribution in [-0.2, 0) is 0 Å². The summed E-state index contributed by atoms with van der Waals surface area (Å²) >= 11 is 0. The number of ether oxygens (including phenoxy) is 3. The lowest BCUT2D eigenvalue weighted by atomic mass is 10.1. The topological polar surface area (TPSA) is 27.7 Å². The van der Waals surface area contributed by atoms with Crippen molar-refractivity contribution >= 4 is 10.8 Å². The molecule has 3 heteroatoms. The molecule has 27 heavy (non-hydrogen) atoms. The summed E-state index contributed by atoms with van der Waals surface area (Å²) in [5.74, 6) is 3.23. The molecule has 0 saturated carbocycles. The Hall–Kier alpha value is -2.68. The maximum atomic E-state index is 6.14. The minimum atomic E-state index is 0.676. The summed E-state index contributed by atoms with van der Waals surface area (Å²) in [4.78, 5) is 0. The number of rotatable bonds is 10. The van der Waals surface area contributed by atoms with Gasteiger partial charge in [0.05, 0.1) is 13.2 Å². The van der Waals surface area contributed by atoms with Gasteiger partial charge in [0.1, 0.15) is 11.5 Å². The van der Waals surface area contributed by atoms with Crippen molar-refractivity contribution in [2.45, 2.75) is 39.5 Å². The van der Waals surface area contributed by atoms with Gasteiger partial charge in [0, 0.05) is 5.39 Å². The van der Waals surface area contributed by atoms with E-state index in [9.17, 15) is 0 Å². The van der Waals surface area contributed by atoms with E-state index in [1.54, 1.807) is 0 Å². The van der Waals surface area contributed by atoms with Gasteiger partial charge in [0.25, 0.3) is 0 Å². The van der Waals surface area contributed by atoms with E-state index in [4.69, 9.17) is 14.2 Å². The lowest BCUT2D eigenvalue weighted by Crippen LogP contribution is -2.00. The van der Waals surface area contributed by atoms with Crippen LogP contribution < -0.4 is 14.2 Å². The summed E-state index contributed by atoms with van der Waals surface area (Å²) in [5, 5.41) is 2.14. The molecule has 3 nitrogen and oxygen atoms in total. The van der Waals surface area contributed by atoms with Crippen LogP contribution in [0, 0.1) is 0 Å². The Kier molecular flexibility index (Phi) is 6.97. The Bertz CT molecular complexity index is 843. The number of benzene rings is 3. The third-order valence-corrected chi connectivity index (χ3v) is 4.39. The zero-order valence-electron chi connectivity index (χ0n) is 16.2. The second-order valence-corrected chi connectivity index (χ2v) is 6.59. The first-order valence-electron chi connectivity index (χ1n) is 9.87. The highest BCUT2D eigenvalue weighted by Gasteiger charge is 2.12. The van der Waals surface area contributed by atoms with Gasteiger partial charge in [0.2, 0.25) is 0 Å². The summed E-state index contributed by atoms with van der Waals surface area (Å²) in [6.45, 7) is 5.75. The molecule has 0 N–H and O–H groups in total. The van der Waals surface area contributed by atoms with E-state index < -0.39 is 0 Å². The molecule has 0 amide bonds. The number of para-hydroxylation sites is 1. The SMILES string of the molecule is CCCCOc1ccc2c(OCCCC)c(Oc3ccccc3)ccc2c1. The fourth-order valence-electron chi connectivity index (χ4n) is 2.85. The number of hydrogen-bond acceptors (Lipinski definition) is 3. The van der Waals surface area contributed by atoms with Crippen molar-refractivity contribution in [2.75, 3.05) is 13.2 Å². The van der Waals surface area contributed by atoms with Crippen molar-refractivity contribution < 1.29 is 14.2 Å². The number of unbranched alkanes of at least 4 members (excludes halogenated alkanes) is 2. The third-order valence-electron chi connectivity index (χ3n) is 4.39. The second kappa shape index (κ2) is 9.86. The Morgan fingerprint density at radius 2 is 1.44 bits per heavy atom. The molecule has 142 valence electrons. The minimum absolute atomic E-state index is 0.676. The summed E-state index contributed by atoms with van der Waals surface area (Å²) in [7, 11) is 0. The van der Waals surface area contributed by atoms with Gasteiger partial charge in [0.15, 0.2) is 11.5 Å². The van der Waals surface area contributed by atoms with Crippen LogP contribution in [0.1, 0.15) is 39.5 Å². The Labute approximate surface area is 161 Å². The van der Waals surface area contributed by atoms with Crippen molar-refractivity contribution in [2.24, 2.45) is 0 Å². The van der Waals surface area contributed by atoms with Crippen molar-refractivity contribution in [3.8, 4) is 23.0 Å². The molecule has 3 aromatic rings. The van der Waals surface area contributed by atoms with Gasteiger partial charge in [-0.25, -0.2) is 0 Å². The van der Waals surface area contributed by atoms with E-state index >= 15 is 0 Å². The van der Waals surface area contributed by atoms with E-state index in [1.807, 2.05) is 42.5 Å². The van der Waals surface area contributed by atoms with Crippen LogP contribution in [0.15, 0.2) is 60.7 Å². The second-order valence-electron chi connectivity index (χ2n) is 6.59. The quantitative estimate of drug-likeness (QED) is 0.363. The van der Waals surface area contributed by atoms with E-state index in [0.29, 0.717) is 6.61 Å². The average Bonchev–Trinajstić information content (AvgIpc) is 2.70. The molecule has 0 aliphatic rings. The molecule has 0 unspecified atom stereocenters. The molecule has 0 aliphatic carbocycles. The normalized spacial score (nSPS) is 10.7. The van der Waals surface area contributed by atoms with E-state index in [1.165, 1.54) is 0 Å². The Morgan fingerprint density at radius 3 is 2.19 bits per heavy atom. The molecular formula is C24H28O3. The average molecular weight is 364 g/mol. The van der Waals surface area contributed by atoms with E-state index in [2.05, 4.69) is 32.0 Å². The summed E-state index contributed by atoms with van der Waals surface area (Å²) < 4.78 is 18.1. The van der Waals surface area contributed by atoms with E-state index in [0.717, 1.165) is 66.1 Å². The maximum Gasteiger partial charge on any atom is 0.169 e. The summed E-state index contributed by atoms with van der Waals surface area (Å²) in [5.41, 5.74) is 0. The van der Waals surface area contributed by atoms with Gasteiger partial charge in [-0.1, -0.05) is 51.0 Å². The molecule has 0 bridgehead atoms. The molecule has 0 aromatic heterocycles. The molecule has 0 heterocycles. The third kappa shape index (κ3) is 5.16. The smallest absolute Gasteiger partial charge is 0.169 e. The van der Waals surface area contributed by atoms with Crippen molar-refractivity contribution in [3.05, 3.63) is 60.7 Å². The van der Waals surface area contributed by atoms with Gasteiger partial charge >= 0.3 is 0 Å². The lowest BCUT2D eigenvalue weighted by Gasteiger charge is -2.16. The first kappa shape index (κ1) is 19.1. The predicted octanol–water partition coefficient (Wildman–Crippen LogP) is 6.99. The number of fused-ring (bicyclic) bond motifs is 1. The Balaban J connectivity index is 1.91. The molecule has 0 aliphatic heterocycles. The van der Waals surface area contributed by atoms with Gasteiger partial charge in [-0.2, -0.15) is 0 Å². The highest BCUT2D eigenvalue weighted by Crippen LogP contribution is 2.39. The fraction of sp³-hybridized carbons (Fsp3) is 0.333. The first-order valence-corrected chi connectivity index (χ1v) is 9.87. The lowest BCUT2D eigenvalue weighted by molar-refractivity contribution is 0.299. The zero-order chi connectivity index (χ0) is 18.9. The molecule has 0 spiro atoms. The standard InChI is InChI=1S/C24H28O3/c1-3-5-16-25-21-13-14-22-19(18-21)12-15-23(24(22)26-17-6-4-2)27-20-10-8-7-9-11-20/h7-15,18H,3-6,16-17H2,1-2H3. The zero-order valence-corrected chi connectivity index (χ0v) is 16.2. The van der Waals surface area contributed by atoms with Crippen LogP contribution in [0.3, 0.4) is 0 Å². The molecule has 0 saturated heterocycles. The van der Waals surface area contributed by atoms with Crippen LogP contribution in [0.2, 0.25) is 0 Å². The largest absolute Gasteiger partial charge is 0.494 e. The summed E-state index contributed by atoms with van der Waals surface area (Å²) in [6.07, 6.45) is 4.30. The highest BCUT2D eigenvalue weighted by molar-refractivity contribution is 5.92. The van der Waals surface area contributed by atoms with Crippen molar-refractivity contribution in [3.63, 3.8) is 0 Å². The Morgan fingerprint density at radius 1 is 0.704 bits per heavy atom. The first-order chi connectivity index (χ1) is 13.3. The summed E-state index contributed by atoms with van der Waals surface area (Å²) in [6, 6.07) is 20.0. The number of hydrogen-bond donors (Lipinski definition) is 0. The van der Waals surface area contributed by atoms with Crippen LogP contribution >= 0.6 is 0 Å². The van der Waals surface area contributed by atoms with Crippen molar-refractivity contribution in [1.29, 1.82) is 0 Å². The highest BCUT2D eigenvalue weighted by atomic mass is 16.5. The van der Waals surface area contributed by atoms with Gasteiger partial charge in [-0.3, -0.25) is 0 Å². The monoisotopic (exact) mass is 364 g/mol. The van der Waals surface area contributed by atoms with E-state index in [-0.39, 0.29) is 0 Å². The van der Waals surface area contributed by atoms with Crippen LogP contribution in [0.4, 0.5) is 0 Å². The molecule has 0 atom stereocenters. The molecule has 0 radical (unpaired) electrons. The minimum Gasteiger partial charge on any atom is -0.494 e. The van der Waals surface area contributed by atoms with Gasteiger partial charge in [-0.15, -0.1) is 0 Å². The molecule has 3 rings (SSSR count). The van der Waals surface area contributed by atoms with Crippen LogP contribution in [-0.4, -0.2) is 13.2 Å².